The normalized spacial score (nSPS) is 10.3. The number of ether oxygens (including phenoxy) is 1. The smallest absolute Gasteiger partial charge is 0.338 e. The Balaban J connectivity index is 2.66. The zero-order valence-corrected chi connectivity index (χ0v) is 8.84. The second-order valence-electron chi connectivity index (χ2n) is 3.05. The van der Waals surface area contributed by atoms with E-state index >= 15 is 0 Å². The molecule has 1 aromatic carbocycles. The molecule has 0 atom stereocenters. The van der Waals surface area contributed by atoms with Gasteiger partial charge in [-0.05, 0) is 31.2 Å². The van der Waals surface area contributed by atoms with Crippen LogP contribution in [0.4, 0.5) is 0 Å². The SMILES string of the molecule is CC=CCOC(=O)c1ccc(C(=O)O)cc1. The van der Waals surface area contributed by atoms with Crippen LogP contribution in [0, 0.1) is 0 Å². The molecule has 16 heavy (non-hydrogen) atoms. The molecule has 0 aliphatic rings. The first-order valence-electron chi connectivity index (χ1n) is 4.76. The molecule has 0 aromatic heterocycles. The molecular formula is C12H12O4. The fraction of sp³-hybridized carbons (Fsp3) is 0.167. The van der Waals surface area contributed by atoms with Gasteiger partial charge in [-0.3, -0.25) is 0 Å². The molecule has 1 rings (SSSR count). The number of rotatable bonds is 4. The van der Waals surface area contributed by atoms with Crippen molar-refractivity contribution in [1.82, 2.24) is 0 Å². The maximum Gasteiger partial charge on any atom is 0.338 e. The second kappa shape index (κ2) is 5.70. The number of aromatic carboxylic acids is 1. The highest BCUT2D eigenvalue weighted by Gasteiger charge is 2.07. The van der Waals surface area contributed by atoms with Crippen molar-refractivity contribution in [3.05, 3.63) is 47.5 Å². The van der Waals surface area contributed by atoms with E-state index in [1.165, 1.54) is 24.3 Å². The van der Waals surface area contributed by atoms with Gasteiger partial charge < -0.3 is 9.84 Å². The summed E-state index contributed by atoms with van der Waals surface area (Å²) in [6.07, 6.45) is 3.49. The Morgan fingerprint density at radius 1 is 1.25 bits per heavy atom. The highest BCUT2D eigenvalue weighted by Crippen LogP contribution is 2.06. The van der Waals surface area contributed by atoms with Crippen molar-refractivity contribution in [2.75, 3.05) is 6.61 Å². The first-order valence-corrected chi connectivity index (χ1v) is 4.76. The van der Waals surface area contributed by atoms with E-state index in [9.17, 15) is 9.59 Å². The third-order valence-electron chi connectivity index (χ3n) is 1.91. The van der Waals surface area contributed by atoms with Crippen LogP contribution in [-0.2, 0) is 4.74 Å². The lowest BCUT2D eigenvalue weighted by Crippen LogP contribution is -2.05. The quantitative estimate of drug-likeness (QED) is 0.623. The minimum Gasteiger partial charge on any atom is -0.478 e. The minimum atomic E-state index is -1.02. The number of carbonyl (C=O) groups is 2. The Bertz CT molecular complexity index is 404. The largest absolute Gasteiger partial charge is 0.478 e. The van der Waals surface area contributed by atoms with Crippen LogP contribution in [0.3, 0.4) is 0 Å². The van der Waals surface area contributed by atoms with Gasteiger partial charge in [0.2, 0.25) is 0 Å². The van der Waals surface area contributed by atoms with Gasteiger partial charge in [0.15, 0.2) is 0 Å². The first-order chi connectivity index (χ1) is 7.65. The second-order valence-corrected chi connectivity index (χ2v) is 3.05. The molecule has 0 saturated carbocycles. The molecule has 0 unspecified atom stereocenters. The maximum atomic E-state index is 11.4. The molecule has 0 amide bonds. The average Bonchev–Trinajstić information content (AvgIpc) is 2.29. The van der Waals surface area contributed by atoms with Gasteiger partial charge in [-0.2, -0.15) is 0 Å². The molecule has 4 nitrogen and oxygen atoms in total. The zero-order chi connectivity index (χ0) is 12.0. The van der Waals surface area contributed by atoms with Crippen molar-refractivity contribution in [1.29, 1.82) is 0 Å². The van der Waals surface area contributed by atoms with Crippen molar-refractivity contribution in [2.24, 2.45) is 0 Å². The van der Waals surface area contributed by atoms with Crippen LogP contribution in [0.1, 0.15) is 27.6 Å². The molecule has 84 valence electrons. The van der Waals surface area contributed by atoms with Crippen LogP contribution < -0.4 is 0 Å². The van der Waals surface area contributed by atoms with Crippen LogP contribution in [0.5, 0.6) is 0 Å². The van der Waals surface area contributed by atoms with Gasteiger partial charge in [0.25, 0.3) is 0 Å². The lowest BCUT2D eigenvalue weighted by atomic mass is 10.1. The van der Waals surface area contributed by atoms with E-state index in [0.717, 1.165) is 0 Å². The van der Waals surface area contributed by atoms with Crippen LogP contribution in [0.15, 0.2) is 36.4 Å². The zero-order valence-electron chi connectivity index (χ0n) is 8.84. The fourth-order valence-electron chi connectivity index (χ4n) is 1.05. The van der Waals surface area contributed by atoms with E-state index < -0.39 is 11.9 Å². The lowest BCUT2D eigenvalue weighted by Gasteiger charge is -2.01. The summed E-state index contributed by atoms with van der Waals surface area (Å²) in [7, 11) is 0. The summed E-state index contributed by atoms with van der Waals surface area (Å²) in [5, 5.41) is 8.66. The van der Waals surface area contributed by atoms with E-state index in [0.29, 0.717) is 5.56 Å². The van der Waals surface area contributed by atoms with Crippen molar-refractivity contribution >= 4 is 11.9 Å². The van der Waals surface area contributed by atoms with E-state index in [1.54, 1.807) is 12.2 Å². The number of hydrogen-bond acceptors (Lipinski definition) is 3. The first kappa shape index (κ1) is 12.0. The summed E-state index contributed by atoms with van der Waals surface area (Å²) < 4.78 is 4.90. The van der Waals surface area contributed by atoms with Gasteiger partial charge in [-0.15, -0.1) is 0 Å². The molecule has 0 saturated heterocycles. The molecule has 0 radical (unpaired) electrons. The molecule has 0 bridgehead atoms. The van der Waals surface area contributed by atoms with Gasteiger partial charge in [-0.1, -0.05) is 12.2 Å². The van der Waals surface area contributed by atoms with Crippen LogP contribution >= 0.6 is 0 Å². The minimum absolute atomic E-state index is 0.144. The molecule has 1 N–H and O–H groups in total. The van der Waals surface area contributed by atoms with Gasteiger partial charge in [-0.25, -0.2) is 9.59 Å². The Hall–Kier alpha value is -2.10. The third-order valence-corrected chi connectivity index (χ3v) is 1.91. The van der Waals surface area contributed by atoms with Gasteiger partial charge in [0.05, 0.1) is 11.1 Å². The number of carboxylic acid groups (broad SMARTS) is 1. The lowest BCUT2D eigenvalue weighted by molar-refractivity contribution is 0.0548. The molecule has 0 aliphatic heterocycles. The average molecular weight is 220 g/mol. The predicted octanol–water partition coefficient (Wildman–Crippen LogP) is 2.12. The summed E-state index contributed by atoms with van der Waals surface area (Å²) >= 11 is 0. The van der Waals surface area contributed by atoms with Crippen molar-refractivity contribution in [3.63, 3.8) is 0 Å². The van der Waals surface area contributed by atoms with Gasteiger partial charge in [0, 0.05) is 0 Å². The molecule has 4 heteroatoms. The van der Waals surface area contributed by atoms with Gasteiger partial charge >= 0.3 is 11.9 Å². The van der Waals surface area contributed by atoms with E-state index in [1.807, 2.05) is 6.92 Å². The number of carboxylic acids is 1. The van der Waals surface area contributed by atoms with Crippen LogP contribution in [-0.4, -0.2) is 23.7 Å². The van der Waals surface area contributed by atoms with Crippen molar-refractivity contribution in [2.45, 2.75) is 6.92 Å². The summed E-state index contributed by atoms with van der Waals surface area (Å²) in [5.41, 5.74) is 0.486. The highest BCUT2D eigenvalue weighted by molar-refractivity contribution is 5.92. The van der Waals surface area contributed by atoms with E-state index in [2.05, 4.69) is 0 Å². The van der Waals surface area contributed by atoms with Gasteiger partial charge in [0.1, 0.15) is 6.61 Å². The summed E-state index contributed by atoms with van der Waals surface area (Å²) in [6, 6.07) is 5.60. The topological polar surface area (TPSA) is 63.6 Å². The van der Waals surface area contributed by atoms with Crippen LogP contribution in [0.25, 0.3) is 0 Å². The van der Waals surface area contributed by atoms with Crippen molar-refractivity contribution in [3.8, 4) is 0 Å². The number of benzene rings is 1. The number of carbonyl (C=O) groups excluding carboxylic acids is 1. The Kier molecular flexibility index (Phi) is 4.27. The standard InChI is InChI=1S/C12H12O4/c1-2-3-8-16-12(15)10-6-4-9(5-7-10)11(13)14/h2-7H,8H2,1H3,(H,13,14). The Labute approximate surface area is 93.2 Å². The van der Waals surface area contributed by atoms with Crippen LogP contribution in [0.2, 0.25) is 0 Å². The molecular weight excluding hydrogens is 208 g/mol. The van der Waals surface area contributed by atoms with E-state index in [4.69, 9.17) is 9.84 Å². The van der Waals surface area contributed by atoms with E-state index in [-0.39, 0.29) is 12.2 Å². The summed E-state index contributed by atoms with van der Waals surface area (Å²) in [4.78, 5) is 22.0. The number of allylic oxidation sites excluding steroid dienone is 1. The summed E-state index contributed by atoms with van der Waals surface area (Å²) in [5.74, 6) is -1.48. The molecule has 0 heterocycles. The number of esters is 1. The highest BCUT2D eigenvalue weighted by atomic mass is 16.5. The third kappa shape index (κ3) is 3.24. The molecule has 0 aliphatic carbocycles. The molecule has 0 fully saturated rings. The Morgan fingerprint density at radius 3 is 2.31 bits per heavy atom. The Morgan fingerprint density at radius 2 is 1.81 bits per heavy atom. The molecule has 0 spiro atoms. The maximum absolute atomic E-state index is 11.4. The summed E-state index contributed by atoms with van der Waals surface area (Å²) in [6.45, 7) is 2.05. The predicted molar refractivity (Wildman–Crippen MR) is 58.5 cm³/mol. The monoisotopic (exact) mass is 220 g/mol. The fourth-order valence-corrected chi connectivity index (χ4v) is 1.05. The van der Waals surface area contributed by atoms with Crippen molar-refractivity contribution < 1.29 is 19.4 Å². The number of hydrogen-bond donors (Lipinski definition) is 1. The molecule has 1 aromatic rings.